The van der Waals surface area contributed by atoms with Gasteiger partial charge in [0.15, 0.2) is 0 Å². The van der Waals surface area contributed by atoms with Gasteiger partial charge in [0.25, 0.3) is 0 Å². The summed E-state index contributed by atoms with van der Waals surface area (Å²) in [7, 11) is 3.80. The van der Waals surface area contributed by atoms with E-state index in [1.165, 1.54) is 5.56 Å². The molecule has 92 valence electrons. The molecule has 0 aliphatic carbocycles. The number of nitrogens with zero attached hydrogens (tertiary/aromatic N) is 4. The quantitative estimate of drug-likeness (QED) is 0.816. The van der Waals surface area contributed by atoms with E-state index in [0.717, 1.165) is 30.2 Å². The molecule has 6 heteroatoms. The third kappa shape index (κ3) is 2.41. The number of aromatic nitrogens is 4. The van der Waals surface area contributed by atoms with Crippen LogP contribution in [0.15, 0.2) is 12.4 Å². The predicted molar refractivity (Wildman–Crippen MR) is 67.8 cm³/mol. The average Bonchev–Trinajstić information content (AvgIpc) is 2.78. The van der Waals surface area contributed by atoms with Crippen molar-refractivity contribution in [3.63, 3.8) is 0 Å². The maximum Gasteiger partial charge on any atom is 0.147 e. The molecular weight excluding hydrogens is 216 g/mol. The van der Waals surface area contributed by atoms with Crippen LogP contribution in [0, 0.1) is 6.92 Å². The lowest BCUT2D eigenvalue weighted by molar-refractivity contribution is 0.756. The van der Waals surface area contributed by atoms with Crippen LogP contribution in [0.5, 0.6) is 0 Å². The molecule has 0 atom stereocenters. The minimum absolute atomic E-state index is 0.721. The standard InChI is InChI=1S/C11H18N6/c1-8-10(12)11(17(3)15-8)13-5-4-9-6-14-16(2)7-9/h6-7,13H,4-5,12H2,1-3H3. The maximum atomic E-state index is 5.92. The number of aryl methyl sites for hydroxylation is 3. The van der Waals surface area contributed by atoms with E-state index in [-0.39, 0.29) is 0 Å². The van der Waals surface area contributed by atoms with Crippen LogP contribution in [0.1, 0.15) is 11.3 Å². The molecule has 0 saturated heterocycles. The molecule has 17 heavy (non-hydrogen) atoms. The Morgan fingerprint density at radius 3 is 2.71 bits per heavy atom. The molecule has 2 rings (SSSR count). The summed E-state index contributed by atoms with van der Waals surface area (Å²) >= 11 is 0. The molecule has 6 nitrogen and oxygen atoms in total. The summed E-state index contributed by atoms with van der Waals surface area (Å²) in [5, 5.41) is 11.7. The third-order valence-corrected chi connectivity index (χ3v) is 2.73. The number of nitrogens with two attached hydrogens (primary N) is 1. The zero-order valence-electron chi connectivity index (χ0n) is 10.4. The number of anilines is 2. The monoisotopic (exact) mass is 234 g/mol. The Morgan fingerprint density at radius 1 is 1.41 bits per heavy atom. The van der Waals surface area contributed by atoms with Crippen molar-refractivity contribution in [1.29, 1.82) is 0 Å². The molecule has 0 unspecified atom stereocenters. The van der Waals surface area contributed by atoms with Crippen molar-refractivity contribution in [1.82, 2.24) is 19.6 Å². The van der Waals surface area contributed by atoms with Crippen molar-refractivity contribution in [2.24, 2.45) is 14.1 Å². The minimum Gasteiger partial charge on any atom is -0.394 e. The van der Waals surface area contributed by atoms with Gasteiger partial charge >= 0.3 is 0 Å². The Hall–Kier alpha value is -1.98. The SMILES string of the molecule is Cc1nn(C)c(NCCc2cnn(C)c2)c1N. The van der Waals surface area contributed by atoms with Gasteiger partial charge in [0.1, 0.15) is 5.82 Å². The molecule has 0 spiro atoms. The lowest BCUT2D eigenvalue weighted by Crippen LogP contribution is -2.09. The summed E-state index contributed by atoms with van der Waals surface area (Å²) in [6, 6.07) is 0. The van der Waals surface area contributed by atoms with Crippen LogP contribution in [0.2, 0.25) is 0 Å². The number of hydrogen-bond acceptors (Lipinski definition) is 4. The van der Waals surface area contributed by atoms with E-state index >= 15 is 0 Å². The van der Waals surface area contributed by atoms with Crippen molar-refractivity contribution >= 4 is 11.5 Å². The number of nitrogens with one attached hydrogen (secondary N) is 1. The van der Waals surface area contributed by atoms with E-state index in [9.17, 15) is 0 Å². The van der Waals surface area contributed by atoms with Gasteiger partial charge in [0.05, 0.1) is 17.6 Å². The van der Waals surface area contributed by atoms with E-state index < -0.39 is 0 Å². The number of hydrogen-bond donors (Lipinski definition) is 2. The third-order valence-electron chi connectivity index (χ3n) is 2.73. The van der Waals surface area contributed by atoms with Crippen LogP contribution in [-0.2, 0) is 20.5 Å². The molecule has 0 saturated carbocycles. The molecular formula is C11H18N6. The molecule has 0 bridgehead atoms. The highest BCUT2D eigenvalue weighted by molar-refractivity contribution is 5.64. The van der Waals surface area contributed by atoms with Crippen LogP contribution in [0.3, 0.4) is 0 Å². The summed E-state index contributed by atoms with van der Waals surface area (Å²) in [5.41, 5.74) is 8.71. The second kappa shape index (κ2) is 4.48. The van der Waals surface area contributed by atoms with Gasteiger partial charge in [0, 0.05) is 26.8 Å². The van der Waals surface area contributed by atoms with Crippen LogP contribution in [0.4, 0.5) is 11.5 Å². The van der Waals surface area contributed by atoms with Gasteiger partial charge in [-0.05, 0) is 18.9 Å². The summed E-state index contributed by atoms with van der Waals surface area (Å²) in [6.45, 7) is 2.72. The van der Waals surface area contributed by atoms with Gasteiger partial charge in [-0.15, -0.1) is 0 Å². The average molecular weight is 234 g/mol. The van der Waals surface area contributed by atoms with Gasteiger partial charge in [-0.2, -0.15) is 10.2 Å². The highest BCUT2D eigenvalue weighted by Gasteiger charge is 2.08. The van der Waals surface area contributed by atoms with Crippen molar-refractivity contribution in [3.8, 4) is 0 Å². The number of nitrogen functional groups attached to an aromatic ring is 1. The van der Waals surface area contributed by atoms with Crippen molar-refractivity contribution in [3.05, 3.63) is 23.7 Å². The number of rotatable bonds is 4. The predicted octanol–water partition coefficient (Wildman–Crippen LogP) is 0.699. The van der Waals surface area contributed by atoms with Gasteiger partial charge < -0.3 is 11.1 Å². The van der Waals surface area contributed by atoms with E-state index in [1.807, 2.05) is 33.4 Å². The molecule has 0 aromatic carbocycles. The lowest BCUT2D eigenvalue weighted by atomic mass is 10.2. The minimum atomic E-state index is 0.721. The second-order valence-electron chi connectivity index (χ2n) is 4.17. The smallest absolute Gasteiger partial charge is 0.147 e. The van der Waals surface area contributed by atoms with E-state index in [4.69, 9.17) is 5.73 Å². The molecule has 0 radical (unpaired) electrons. The van der Waals surface area contributed by atoms with Crippen LogP contribution >= 0.6 is 0 Å². The Balaban J connectivity index is 1.94. The first-order valence-electron chi connectivity index (χ1n) is 5.58. The molecule has 2 heterocycles. The Morgan fingerprint density at radius 2 is 2.18 bits per heavy atom. The van der Waals surface area contributed by atoms with Crippen LogP contribution in [0.25, 0.3) is 0 Å². The Bertz CT molecular complexity index is 510. The highest BCUT2D eigenvalue weighted by Crippen LogP contribution is 2.20. The van der Waals surface area contributed by atoms with Gasteiger partial charge in [-0.25, -0.2) is 0 Å². The van der Waals surface area contributed by atoms with E-state index in [2.05, 4.69) is 15.5 Å². The summed E-state index contributed by atoms with van der Waals surface area (Å²) < 4.78 is 3.58. The maximum absolute atomic E-state index is 5.92. The first kappa shape index (κ1) is 11.5. The van der Waals surface area contributed by atoms with Crippen molar-refractivity contribution in [2.75, 3.05) is 17.6 Å². The molecule has 0 fully saturated rings. The highest BCUT2D eigenvalue weighted by atomic mass is 15.3. The fraction of sp³-hybridized carbons (Fsp3) is 0.455. The fourth-order valence-corrected chi connectivity index (χ4v) is 1.81. The molecule has 0 amide bonds. The summed E-state index contributed by atoms with van der Waals surface area (Å²) in [6.07, 6.45) is 4.80. The van der Waals surface area contributed by atoms with Gasteiger partial charge in [-0.3, -0.25) is 9.36 Å². The van der Waals surface area contributed by atoms with Gasteiger partial charge in [0.2, 0.25) is 0 Å². The van der Waals surface area contributed by atoms with Crippen LogP contribution < -0.4 is 11.1 Å². The fourth-order valence-electron chi connectivity index (χ4n) is 1.81. The molecule has 2 aromatic rings. The first-order chi connectivity index (χ1) is 8.08. The largest absolute Gasteiger partial charge is 0.394 e. The van der Waals surface area contributed by atoms with Crippen LogP contribution in [-0.4, -0.2) is 26.1 Å². The first-order valence-corrected chi connectivity index (χ1v) is 5.58. The summed E-state index contributed by atoms with van der Waals surface area (Å²) in [4.78, 5) is 0. The van der Waals surface area contributed by atoms with Crippen molar-refractivity contribution in [2.45, 2.75) is 13.3 Å². The molecule has 0 aliphatic rings. The molecule has 3 N–H and O–H groups in total. The topological polar surface area (TPSA) is 73.7 Å². The Kier molecular flexibility index (Phi) is 3.03. The lowest BCUT2D eigenvalue weighted by Gasteiger charge is -2.06. The van der Waals surface area contributed by atoms with E-state index in [0.29, 0.717) is 0 Å². The normalized spacial score (nSPS) is 10.8. The van der Waals surface area contributed by atoms with Gasteiger partial charge in [-0.1, -0.05) is 0 Å². The van der Waals surface area contributed by atoms with Crippen molar-refractivity contribution < 1.29 is 0 Å². The molecule has 0 aliphatic heterocycles. The van der Waals surface area contributed by atoms with E-state index in [1.54, 1.807) is 9.36 Å². The zero-order valence-corrected chi connectivity index (χ0v) is 10.4. The second-order valence-corrected chi connectivity index (χ2v) is 4.17. The Labute approximate surface area is 100 Å². The zero-order chi connectivity index (χ0) is 12.4. The molecule has 2 aromatic heterocycles. The summed E-state index contributed by atoms with van der Waals surface area (Å²) in [5.74, 6) is 0.881.